The van der Waals surface area contributed by atoms with Gasteiger partial charge in [0.15, 0.2) is 5.13 Å². The molecule has 0 spiro atoms. The smallest absolute Gasteiger partial charge is 0.245 e. The van der Waals surface area contributed by atoms with Crippen LogP contribution in [0.5, 0.6) is 0 Å². The van der Waals surface area contributed by atoms with Crippen molar-refractivity contribution in [1.29, 1.82) is 0 Å². The number of nitrogens with one attached hydrogen (secondary N) is 1. The minimum Gasteiger partial charge on any atom is -0.339 e. The zero-order chi connectivity index (χ0) is 16.2. The van der Waals surface area contributed by atoms with E-state index in [2.05, 4.69) is 27.2 Å². The Hall–Kier alpha value is -2.21. The molecule has 3 rings (SSSR count). The normalized spacial score (nSPS) is 17.8. The van der Waals surface area contributed by atoms with Gasteiger partial charge in [0, 0.05) is 30.6 Å². The number of anilines is 2. The van der Waals surface area contributed by atoms with Crippen LogP contribution >= 0.6 is 11.3 Å². The van der Waals surface area contributed by atoms with Crippen LogP contribution in [-0.2, 0) is 4.79 Å². The Morgan fingerprint density at radius 1 is 1.52 bits per heavy atom. The van der Waals surface area contributed by atoms with Gasteiger partial charge in [0.1, 0.15) is 5.82 Å². The zero-order valence-electron chi connectivity index (χ0n) is 13.2. The molecule has 2 aromatic heterocycles. The third-order valence-electron chi connectivity index (χ3n) is 3.99. The van der Waals surface area contributed by atoms with E-state index in [0.29, 0.717) is 5.92 Å². The second kappa shape index (κ2) is 6.91. The van der Waals surface area contributed by atoms with Crippen LogP contribution in [0.25, 0.3) is 0 Å². The number of nitrogens with zero attached hydrogens (tertiary/aromatic N) is 3. The van der Waals surface area contributed by atoms with Gasteiger partial charge in [-0.25, -0.2) is 9.97 Å². The second-order valence-corrected chi connectivity index (χ2v) is 6.61. The molecule has 2 aromatic rings. The largest absolute Gasteiger partial charge is 0.339 e. The molecule has 1 atom stereocenters. The molecule has 5 nitrogen and oxygen atoms in total. The van der Waals surface area contributed by atoms with Crippen molar-refractivity contribution in [2.75, 3.05) is 18.4 Å². The number of hydrogen-bond donors (Lipinski definition) is 1. The molecule has 0 aliphatic carbocycles. The van der Waals surface area contributed by atoms with E-state index in [0.717, 1.165) is 48.1 Å². The highest BCUT2D eigenvalue weighted by atomic mass is 32.1. The van der Waals surface area contributed by atoms with E-state index in [-0.39, 0.29) is 5.91 Å². The minimum atomic E-state index is 0.00661. The summed E-state index contributed by atoms with van der Waals surface area (Å²) < 4.78 is 0. The number of pyridine rings is 1. The summed E-state index contributed by atoms with van der Waals surface area (Å²) in [5.74, 6) is 1.10. The van der Waals surface area contributed by atoms with Crippen LogP contribution in [0.3, 0.4) is 0 Å². The van der Waals surface area contributed by atoms with E-state index >= 15 is 0 Å². The van der Waals surface area contributed by atoms with Crippen LogP contribution in [0.15, 0.2) is 36.4 Å². The molecule has 1 saturated heterocycles. The number of carbonyl (C=O) groups is 1. The van der Waals surface area contributed by atoms with Crippen molar-refractivity contribution in [3.63, 3.8) is 0 Å². The van der Waals surface area contributed by atoms with Crippen molar-refractivity contribution < 1.29 is 4.79 Å². The molecule has 1 unspecified atom stereocenters. The molecule has 1 N–H and O–H groups in total. The zero-order valence-corrected chi connectivity index (χ0v) is 14.0. The Morgan fingerprint density at radius 2 is 2.39 bits per heavy atom. The molecule has 23 heavy (non-hydrogen) atoms. The van der Waals surface area contributed by atoms with Crippen molar-refractivity contribution in [2.45, 2.75) is 25.7 Å². The molecule has 1 aliphatic heterocycles. The SMILES string of the molecule is C=CC(=O)N1CCCC(c2csc(Nc3ccc(C)cn3)n2)C1. The van der Waals surface area contributed by atoms with Gasteiger partial charge in [-0.1, -0.05) is 12.6 Å². The van der Waals surface area contributed by atoms with Crippen molar-refractivity contribution in [3.05, 3.63) is 47.6 Å². The average Bonchev–Trinajstić information content (AvgIpc) is 3.05. The maximum absolute atomic E-state index is 11.8. The minimum absolute atomic E-state index is 0.00661. The van der Waals surface area contributed by atoms with Gasteiger partial charge in [-0.3, -0.25) is 4.79 Å². The number of rotatable bonds is 4. The van der Waals surface area contributed by atoms with Gasteiger partial charge < -0.3 is 10.2 Å². The quantitative estimate of drug-likeness (QED) is 0.873. The van der Waals surface area contributed by atoms with Crippen LogP contribution in [0, 0.1) is 6.92 Å². The van der Waals surface area contributed by atoms with Crippen LogP contribution in [0.1, 0.15) is 30.0 Å². The standard InChI is InChI=1S/C17H20N4OS/c1-3-16(22)21-8-4-5-13(10-21)14-11-23-17(19-14)20-15-7-6-12(2)9-18-15/h3,6-7,9,11,13H,1,4-5,8,10H2,2H3,(H,18,19,20). The number of carbonyl (C=O) groups excluding carboxylic acids is 1. The van der Waals surface area contributed by atoms with Crippen molar-refractivity contribution >= 4 is 28.2 Å². The fourth-order valence-electron chi connectivity index (χ4n) is 2.73. The number of likely N-dealkylation sites (tertiary alicyclic amines) is 1. The first-order valence-corrected chi connectivity index (χ1v) is 8.60. The first-order chi connectivity index (χ1) is 11.2. The molecule has 1 fully saturated rings. The predicted octanol–water partition coefficient (Wildman–Crippen LogP) is 3.48. The van der Waals surface area contributed by atoms with E-state index < -0.39 is 0 Å². The van der Waals surface area contributed by atoms with E-state index in [1.54, 1.807) is 11.3 Å². The molecule has 0 saturated carbocycles. The van der Waals surface area contributed by atoms with Gasteiger partial charge in [0.25, 0.3) is 0 Å². The van der Waals surface area contributed by atoms with E-state index in [4.69, 9.17) is 0 Å². The number of piperidine rings is 1. The summed E-state index contributed by atoms with van der Waals surface area (Å²) in [6.45, 7) is 7.11. The first kappa shape index (κ1) is 15.7. The molecule has 6 heteroatoms. The summed E-state index contributed by atoms with van der Waals surface area (Å²) in [7, 11) is 0. The molecule has 120 valence electrons. The summed E-state index contributed by atoms with van der Waals surface area (Å²) in [5.41, 5.74) is 2.18. The van der Waals surface area contributed by atoms with Crippen molar-refractivity contribution in [1.82, 2.24) is 14.9 Å². The van der Waals surface area contributed by atoms with Gasteiger partial charge in [-0.15, -0.1) is 11.3 Å². The molecule has 1 aliphatic rings. The first-order valence-electron chi connectivity index (χ1n) is 7.72. The highest BCUT2D eigenvalue weighted by Gasteiger charge is 2.25. The molecule has 1 amide bonds. The topological polar surface area (TPSA) is 58.1 Å². The lowest BCUT2D eigenvalue weighted by atomic mass is 9.95. The monoisotopic (exact) mass is 328 g/mol. The highest BCUT2D eigenvalue weighted by Crippen LogP contribution is 2.30. The molecule has 0 radical (unpaired) electrons. The fourth-order valence-corrected chi connectivity index (χ4v) is 3.53. The number of amides is 1. The Morgan fingerprint density at radius 3 is 3.13 bits per heavy atom. The number of aromatic nitrogens is 2. The van der Waals surface area contributed by atoms with Gasteiger partial charge in [0.05, 0.1) is 5.69 Å². The molecular weight excluding hydrogens is 308 g/mol. The highest BCUT2D eigenvalue weighted by molar-refractivity contribution is 7.13. The molecule has 3 heterocycles. The molecular formula is C17H20N4OS. The number of hydrogen-bond acceptors (Lipinski definition) is 5. The Balaban J connectivity index is 1.67. The maximum atomic E-state index is 11.8. The third-order valence-corrected chi connectivity index (χ3v) is 4.77. The lowest BCUT2D eigenvalue weighted by Gasteiger charge is -2.31. The van der Waals surface area contributed by atoms with E-state index in [1.807, 2.05) is 30.2 Å². The van der Waals surface area contributed by atoms with Crippen LogP contribution in [0.2, 0.25) is 0 Å². The Bertz CT molecular complexity index is 695. The Labute approximate surface area is 140 Å². The summed E-state index contributed by atoms with van der Waals surface area (Å²) in [6.07, 6.45) is 5.28. The van der Waals surface area contributed by atoms with E-state index in [1.165, 1.54) is 6.08 Å². The summed E-state index contributed by atoms with van der Waals surface area (Å²) in [4.78, 5) is 22.7. The van der Waals surface area contributed by atoms with Crippen molar-refractivity contribution in [2.24, 2.45) is 0 Å². The maximum Gasteiger partial charge on any atom is 0.245 e. The Kier molecular flexibility index (Phi) is 4.71. The van der Waals surface area contributed by atoms with Crippen LogP contribution in [0.4, 0.5) is 10.9 Å². The fraction of sp³-hybridized carbons (Fsp3) is 0.353. The number of thiazole rings is 1. The summed E-state index contributed by atoms with van der Waals surface area (Å²) in [5, 5.41) is 6.14. The van der Waals surface area contributed by atoms with Gasteiger partial charge in [-0.2, -0.15) is 0 Å². The average molecular weight is 328 g/mol. The lowest BCUT2D eigenvalue weighted by molar-refractivity contribution is -0.127. The van der Waals surface area contributed by atoms with Gasteiger partial charge in [-0.05, 0) is 37.5 Å². The predicted molar refractivity (Wildman–Crippen MR) is 93.1 cm³/mol. The van der Waals surface area contributed by atoms with Crippen molar-refractivity contribution in [3.8, 4) is 0 Å². The number of aryl methyl sites for hydroxylation is 1. The lowest BCUT2D eigenvalue weighted by Crippen LogP contribution is -2.38. The van der Waals surface area contributed by atoms with Gasteiger partial charge in [0.2, 0.25) is 5.91 Å². The van der Waals surface area contributed by atoms with Gasteiger partial charge >= 0.3 is 0 Å². The van der Waals surface area contributed by atoms with Crippen LogP contribution in [-0.4, -0.2) is 33.9 Å². The third kappa shape index (κ3) is 3.76. The van der Waals surface area contributed by atoms with Crippen LogP contribution < -0.4 is 5.32 Å². The summed E-state index contributed by atoms with van der Waals surface area (Å²) in [6, 6.07) is 3.96. The molecule has 0 bridgehead atoms. The summed E-state index contributed by atoms with van der Waals surface area (Å²) >= 11 is 1.57. The second-order valence-electron chi connectivity index (χ2n) is 5.75. The van der Waals surface area contributed by atoms with E-state index in [9.17, 15) is 4.79 Å². The molecule has 0 aromatic carbocycles.